The lowest BCUT2D eigenvalue weighted by atomic mass is 10.3. The molecule has 1 atom stereocenters. The van der Waals surface area contributed by atoms with E-state index in [1.165, 1.54) is 6.92 Å². The Morgan fingerprint density at radius 3 is 2.53 bits per heavy atom. The van der Waals surface area contributed by atoms with Crippen LogP contribution in [0, 0.1) is 0 Å². The van der Waals surface area contributed by atoms with E-state index >= 15 is 0 Å². The average molecular weight is 240 g/mol. The van der Waals surface area contributed by atoms with Crippen LogP contribution >= 0.6 is 0 Å². The monoisotopic (exact) mass is 240 g/mol. The third-order valence-corrected chi connectivity index (χ3v) is 2.13. The van der Waals surface area contributed by atoms with Gasteiger partial charge in [-0.1, -0.05) is 12.1 Å². The first-order valence-corrected chi connectivity index (χ1v) is 5.25. The summed E-state index contributed by atoms with van der Waals surface area (Å²) in [4.78, 5) is 10.5. The molecular weight excluding hydrogens is 224 g/mol. The Labute approximate surface area is 99.9 Å². The number of aliphatic carboxylic acids is 1. The Balaban J connectivity index is 2.33. The lowest BCUT2D eigenvalue weighted by Crippen LogP contribution is -2.22. The van der Waals surface area contributed by atoms with Crippen molar-refractivity contribution >= 4 is 5.97 Å². The van der Waals surface area contributed by atoms with Crippen LogP contribution < -0.4 is 9.47 Å². The normalized spacial score (nSPS) is 11.9. The maximum Gasteiger partial charge on any atom is 0.332 e. The minimum Gasteiger partial charge on any atom is -0.493 e. The van der Waals surface area contributed by atoms with E-state index in [1.54, 1.807) is 19.2 Å². The zero-order valence-electron chi connectivity index (χ0n) is 9.88. The van der Waals surface area contributed by atoms with Crippen molar-refractivity contribution in [2.75, 3.05) is 20.3 Å². The molecule has 0 unspecified atom stereocenters. The molecule has 0 fully saturated rings. The predicted octanol–water partition coefficient (Wildman–Crippen LogP) is 1.56. The molecule has 1 aromatic rings. The zero-order chi connectivity index (χ0) is 12.7. The van der Waals surface area contributed by atoms with Gasteiger partial charge in [0.1, 0.15) is 6.61 Å². The van der Waals surface area contributed by atoms with E-state index in [0.717, 1.165) is 0 Å². The van der Waals surface area contributed by atoms with Gasteiger partial charge < -0.3 is 19.3 Å². The fourth-order valence-electron chi connectivity index (χ4n) is 1.19. The minimum atomic E-state index is -0.984. The molecule has 0 saturated carbocycles. The summed E-state index contributed by atoms with van der Waals surface area (Å²) in [6.07, 6.45) is -0.823. The molecule has 0 heterocycles. The number of carbonyl (C=O) groups is 1. The highest BCUT2D eigenvalue weighted by molar-refractivity contribution is 5.71. The first-order chi connectivity index (χ1) is 8.15. The second-order valence-electron chi connectivity index (χ2n) is 3.35. The standard InChI is InChI=1S/C12H16O5/c1-9(12(13)14)16-7-8-17-11-6-4-3-5-10(11)15-2/h3-6,9H,7-8H2,1-2H3,(H,13,14)/t9-/m0/s1. The van der Waals surface area contributed by atoms with Crippen LogP contribution in [0.1, 0.15) is 6.92 Å². The van der Waals surface area contributed by atoms with Gasteiger partial charge >= 0.3 is 5.97 Å². The van der Waals surface area contributed by atoms with Gasteiger partial charge in [-0.2, -0.15) is 0 Å². The van der Waals surface area contributed by atoms with Gasteiger partial charge in [-0.3, -0.25) is 0 Å². The molecule has 0 saturated heterocycles. The molecule has 0 amide bonds. The first-order valence-electron chi connectivity index (χ1n) is 5.25. The van der Waals surface area contributed by atoms with Crippen molar-refractivity contribution in [3.8, 4) is 11.5 Å². The van der Waals surface area contributed by atoms with E-state index in [-0.39, 0.29) is 13.2 Å². The van der Waals surface area contributed by atoms with Crippen LogP contribution in [0.4, 0.5) is 0 Å². The second-order valence-corrected chi connectivity index (χ2v) is 3.35. The molecule has 5 nitrogen and oxygen atoms in total. The van der Waals surface area contributed by atoms with Crippen molar-refractivity contribution in [3.63, 3.8) is 0 Å². The van der Waals surface area contributed by atoms with Crippen LogP contribution in [0.3, 0.4) is 0 Å². The Bertz CT molecular complexity index is 364. The summed E-state index contributed by atoms with van der Waals surface area (Å²) >= 11 is 0. The molecule has 1 rings (SSSR count). The number of carboxylic acid groups (broad SMARTS) is 1. The smallest absolute Gasteiger partial charge is 0.332 e. The van der Waals surface area contributed by atoms with Crippen molar-refractivity contribution in [1.29, 1.82) is 0 Å². The highest BCUT2D eigenvalue weighted by Crippen LogP contribution is 2.25. The Morgan fingerprint density at radius 1 is 1.29 bits per heavy atom. The fraction of sp³-hybridized carbons (Fsp3) is 0.417. The van der Waals surface area contributed by atoms with E-state index in [1.807, 2.05) is 12.1 Å². The number of methoxy groups -OCH3 is 1. The van der Waals surface area contributed by atoms with E-state index in [4.69, 9.17) is 19.3 Å². The quantitative estimate of drug-likeness (QED) is 0.733. The van der Waals surface area contributed by atoms with Gasteiger partial charge in [0.25, 0.3) is 0 Å². The van der Waals surface area contributed by atoms with Gasteiger partial charge in [0.05, 0.1) is 13.7 Å². The van der Waals surface area contributed by atoms with E-state index < -0.39 is 12.1 Å². The topological polar surface area (TPSA) is 65.0 Å². The molecule has 0 bridgehead atoms. The highest BCUT2D eigenvalue weighted by atomic mass is 16.6. The summed E-state index contributed by atoms with van der Waals surface area (Å²) in [6, 6.07) is 7.24. The van der Waals surface area contributed by atoms with E-state index in [9.17, 15) is 4.79 Å². The molecule has 1 N–H and O–H groups in total. The lowest BCUT2D eigenvalue weighted by Gasteiger charge is -2.11. The summed E-state index contributed by atoms with van der Waals surface area (Å²) in [5.74, 6) is 0.266. The van der Waals surface area contributed by atoms with E-state index in [0.29, 0.717) is 11.5 Å². The maximum atomic E-state index is 10.5. The number of hydrogen-bond acceptors (Lipinski definition) is 4. The number of ether oxygens (including phenoxy) is 3. The molecule has 94 valence electrons. The summed E-state index contributed by atoms with van der Waals surface area (Å²) in [6.45, 7) is 1.97. The van der Waals surface area contributed by atoms with E-state index in [2.05, 4.69) is 0 Å². The van der Waals surface area contributed by atoms with Gasteiger partial charge in [-0.25, -0.2) is 4.79 Å². The Morgan fingerprint density at radius 2 is 1.94 bits per heavy atom. The molecule has 1 aromatic carbocycles. The van der Waals surface area contributed by atoms with Crippen LogP contribution in [0.25, 0.3) is 0 Å². The van der Waals surface area contributed by atoms with Crippen molar-refractivity contribution in [2.24, 2.45) is 0 Å². The molecule has 0 aliphatic carbocycles. The molecule has 17 heavy (non-hydrogen) atoms. The summed E-state index contributed by atoms with van der Waals surface area (Å²) in [5, 5.41) is 8.59. The van der Waals surface area contributed by atoms with Crippen molar-refractivity contribution in [1.82, 2.24) is 0 Å². The van der Waals surface area contributed by atoms with Crippen molar-refractivity contribution in [2.45, 2.75) is 13.0 Å². The highest BCUT2D eigenvalue weighted by Gasteiger charge is 2.10. The minimum absolute atomic E-state index is 0.214. The maximum absolute atomic E-state index is 10.5. The van der Waals surface area contributed by atoms with Gasteiger partial charge in [0.15, 0.2) is 17.6 Å². The lowest BCUT2D eigenvalue weighted by molar-refractivity contribution is -0.149. The van der Waals surface area contributed by atoms with Gasteiger partial charge in [-0.15, -0.1) is 0 Å². The molecule has 0 radical (unpaired) electrons. The Hall–Kier alpha value is -1.75. The van der Waals surface area contributed by atoms with Gasteiger partial charge in [0, 0.05) is 0 Å². The van der Waals surface area contributed by atoms with Crippen LogP contribution in [-0.4, -0.2) is 37.5 Å². The van der Waals surface area contributed by atoms with Crippen LogP contribution in [0.2, 0.25) is 0 Å². The molecule has 0 aromatic heterocycles. The molecule has 5 heteroatoms. The second kappa shape index (κ2) is 6.75. The van der Waals surface area contributed by atoms with Crippen LogP contribution in [0.15, 0.2) is 24.3 Å². The number of hydrogen-bond donors (Lipinski definition) is 1. The zero-order valence-corrected chi connectivity index (χ0v) is 9.88. The fourth-order valence-corrected chi connectivity index (χ4v) is 1.19. The van der Waals surface area contributed by atoms with Crippen molar-refractivity contribution < 1.29 is 24.1 Å². The number of carboxylic acids is 1. The third-order valence-electron chi connectivity index (χ3n) is 2.13. The summed E-state index contributed by atoms with van der Waals surface area (Å²) in [7, 11) is 1.56. The predicted molar refractivity (Wildman–Crippen MR) is 61.5 cm³/mol. The van der Waals surface area contributed by atoms with Crippen LogP contribution in [0.5, 0.6) is 11.5 Å². The summed E-state index contributed by atoms with van der Waals surface area (Å²) in [5.41, 5.74) is 0. The third kappa shape index (κ3) is 4.32. The molecule has 0 aliphatic heterocycles. The summed E-state index contributed by atoms with van der Waals surface area (Å²) < 4.78 is 15.6. The number of benzene rings is 1. The van der Waals surface area contributed by atoms with Crippen molar-refractivity contribution in [3.05, 3.63) is 24.3 Å². The largest absolute Gasteiger partial charge is 0.493 e. The average Bonchev–Trinajstić information content (AvgIpc) is 2.34. The molecular formula is C12H16O5. The first kappa shape index (κ1) is 13.3. The molecule has 0 aliphatic rings. The number of para-hydroxylation sites is 2. The Kier molecular flexibility index (Phi) is 5.29. The van der Waals surface area contributed by atoms with Gasteiger partial charge in [0.2, 0.25) is 0 Å². The SMILES string of the molecule is COc1ccccc1OCCO[C@@H](C)C(=O)O. The van der Waals surface area contributed by atoms with Crippen LogP contribution in [-0.2, 0) is 9.53 Å². The van der Waals surface area contributed by atoms with Gasteiger partial charge in [-0.05, 0) is 19.1 Å². The number of rotatable bonds is 7. The molecule has 0 spiro atoms.